The molecule has 1 aliphatic heterocycles. The van der Waals surface area contributed by atoms with E-state index >= 15 is 0 Å². The predicted octanol–water partition coefficient (Wildman–Crippen LogP) is 3.49. The first-order valence-electron chi connectivity index (χ1n) is 9.72. The lowest BCUT2D eigenvalue weighted by atomic mass is 10.0. The lowest BCUT2D eigenvalue weighted by molar-refractivity contribution is -0.384. The number of allylic oxidation sites excluding steroid dienone is 1. The summed E-state index contributed by atoms with van der Waals surface area (Å²) in [6.45, 7) is 3.40. The molecule has 2 aromatic carbocycles. The highest BCUT2D eigenvalue weighted by molar-refractivity contribution is 6.23. The van der Waals surface area contributed by atoms with Gasteiger partial charge in [0.25, 0.3) is 11.6 Å². The molecule has 9 nitrogen and oxygen atoms in total. The molecule has 1 amide bonds. The molecule has 9 heteroatoms. The maximum Gasteiger partial charge on any atom is 0.340 e. The van der Waals surface area contributed by atoms with Crippen molar-refractivity contribution in [3.05, 3.63) is 86.6 Å². The smallest absolute Gasteiger partial charge is 0.340 e. The fourth-order valence-corrected chi connectivity index (χ4v) is 3.39. The van der Waals surface area contributed by atoms with E-state index in [0.717, 1.165) is 0 Å². The Hall–Kier alpha value is -4.27. The fourth-order valence-electron chi connectivity index (χ4n) is 3.39. The zero-order chi connectivity index (χ0) is 23.4. The normalized spacial score (nSPS) is 14.8. The third-order valence-electron chi connectivity index (χ3n) is 4.84. The van der Waals surface area contributed by atoms with Gasteiger partial charge in [0.2, 0.25) is 0 Å². The second-order valence-electron chi connectivity index (χ2n) is 6.97. The number of nitrogens with zero attached hydrogens (tertiary/aromatic N) is 2. The van der Waals surface area contributed by atoms with Gasteiger partial charge in [-0.05, 0) is 55.3 Å². The van der Waals surface area contributed by atoms with Crippen molar-refractivity contribution in [2.24, 2.45) is 0 Å². The van der Waals surface area contributed by atoms with Crippen LogP contribution in [0.25, 0.3) is 6.08 Å². The van der Waals surface area contributed by atoms with Gasteiger partial charge in [-0.15, -0.1) is 0 Å². The molecule has 0 unspecified atom stereocenters. The summed E-state index contributed by atoms with van der Waals surface area (Å²) in [6, 6.07) is 12.0. The Morgan fingerprint density at radius 1 is 1.12 bits per heavy atom. The Labute approximate surface area is 183 Å². The number of carboxylic acid groups (broad SMARTS) is 1. The number of hydrogen-bond donors (Lipinski definition) is 1. The Bertz CT molecular complexity index is 1150. The SMILES string of the molecule is CCOC(=O)C1=C(C)N(c2ccc(CC(=O)O)cc2)C(=O)/C1=C\c1ccc([N+](=O)[O-])cc1. The number of non-ortho nitro benzene ring substituents is 1. The van der Waals surface area contributed by atoms with E-state index in [0.29, 0.717) is 22.5 Å². The minimum absolute atomic E-state index is 0.0923. The number of nitro benzene ring substituents is 1. The van der Waals surface area contributed by atoms with Crippen LogP contribution in [0, 0.1) is 10.1 Å². The van der Waals surface area contributed by atoms with Crippen LogP contribution < -0.4 is 4.90 Å². The Kier molecular flexibility index (Phi) is 6.48. The van der Waals surface area contributed by atoms with E-state index in [4.69, 9.17) is 9.84 Å². The molecule has 0 aliphatic carbocycles. The van der Waals surface area contributed by atoms with Crippen LogP contribution in [0.5, 0.6) is 0 Å². The summed E-state index contributed by atoms with van der Waals surface area (Å²) in [7, 11) is 0. The highest BCUT2D eigenvalue weighted by Crippen LogP contribution is 2.35. The first-order chi connectivity index (χ1) is 15.2. The van der Waals surface area contributed by atoms with Crippen molar-refractivity contribution < 1.29 is 29.2 Å². The van der Waals surface area contributed by atoms with E-state index in [2.05, 4.69) is 0 Å². The molecule has 0 spiro atoms. The number of carbonyl (C=O) groups is 3. The van der Waals surface area contributed by atoms with Gasteiger partial charge in [0.15, 0.2) is 0 Å². The highest BCUT2D eigenvalue weighted by Gasteiger charge is 2.38. The number of ether oxygens (including phenoxy) is 1. The van der Waals surface area contributed by atoms with Crippen molar-refractivity contribution in [2.75, 3.05) is 11.5 Å². The predicted molar refractivity (Wildman–Crippen MR) is 116 cm³/mol. The summed E-state index contributed by atoms with van der Waals surface area (Å²) in [5, 5.41) is 19.8. The molecule has 1 N–H and O–H groups in total. The average Bonchev–Trinajstić information content (AvgIpc) is 2.98. The number of nitro groups is 1. The maximum atomic E-state index is 13.3. The quantitative estimate of drug-likeness (QED) is 0.305. The zero-order valence-corrected chi connectivity index (χ0v) is 17.4. The maximum absolute atomic E-state index is 13.3. The van der Waals surface area contributed by atoms with E-state index in [1.54, 1.807) is 38.1 Å². The van der Waals surface area contributed by atoms with Crippen molar-refractivity contribution in [3.8, 4) is 0 Å². The van der Waals surface area contributed by atoms with Crippen LogP contribution in [0.4, 0.5) is 11.4 Å². The van der Waals surface area contributed by atoms with Crippen LogP contribution in [0.15, 0.2) is 65.4 Å². The molecule has 0 bridgehead atoms. The van der Waals surface area contributed by atoms with Gasteiger partial charge < -0.3 is 9.84 Å². The van der Waals surface area contributed by atoms with E-state index in [9.17, 15) is 24.5 Å². The van der Waals surface area contributed by atoms with Crippen LogP contribution >= 0.6 is 0 Å². The molecule has 0 saturated heterocycles. The lowest BCUT2D eigenvalue weighted by Crippen LogP contribution is -2.24. The summed E-state index contributed by atoms with van der Waals surface area (Å²) < 4.78 is 5.14. The molecule has 164 valence electrons. The van der Waals surface area contributed by atoms with Gasteiger partial charge in [-0.1, -0.05) is 12.1 Å². The van der Waals surface area contributed by atoms with Crippen LogP contribution in [0.1, 0.15) is 25.0 Å². The van der Waals surface area contributed by atoms with E-state index in [-0.39, 0.29) is 29.9 Å². The van der Waals surface area contributed by atoms with Gasteiger partial charge in [-0.2, -0.15) is 0 Å². The number of carbonyl (C=O) groups excluding carboxylic acids is 2. The number of amides is 1. The molecule has 0 aromatic heterocycles. The van der Waals surface area contributed by atoms with Gasteiger partial charge in [0.05, 0.1) is 29.1 Å². The standard InChI is InChI=1S/C23H20N2O7/c1-3-32-23(29)21-14(2)24(17-8-4-16(5-9-17)13-20(26)27)22(28)19(21)12-15-6-10-18(11-7-15)25(30)31/h4-12H,3,13H2,1-2H3,(H,26,27)/b19-12-. The number of hydrogen-bond acceptors (Lipinski definition) is 6. The second kappa shape index (κ2) is 9.25. The van der Waals surface area contributed by atoms with E-state index in [1.165, 1.54) is 35.2 Å². The van der Waals surface area contributed by atoms with Crippen LogP contribution in [0.2, 0.25) is 0 Å². The largest absolute Gasteiger partial charge is 0.481 e. The van der Waals surface area contributed by atoms with Crippen molar-refractivity contribution >= 4 is 35.3 Å². The minimum atomic E-state index is -0.969. The Morgan fingerprint density at radius 3 is 2.28 bits per heavy atom. The molecule has 32 heavy (non-hydrogen) atoms. The molecule has 3 rings (SSSR count). The van der Waals surface area contributed by atoms with Crippen molar-refractivity contribution in [2.45, 2.75) is 20.3 Å². The number of benzene rings is 2. The van der Waals surface area contributed by atoms with Crippen LogP contribution in [-0.4, -0.2) is 34.5 Å². The first kappa shape index (κ1) is 22.4. The number of rotatable bonds is 7. The second-order valence-corrected chi connectivity index (χ2v) is 6.97. The Morgan fingerprint density at radius 2 is 1.75 bits per heavy atom. The minimum Gasteiger partial charge on any atom is -0.481 e. The summed E-state index contributed by atoms with van der Waals surface area (Å²) in [4.78, 5) is 48.5. The first-order valence-corrected chi connectivity index (χ1v) is 9.72. The van der Waals surface area contributed by atoms with Gasteiger partial charge >= 0.3 is 11.9 Å². The number of anilines is 1. The van der Waals surface area contributed by atoms with E-state index in [1.807, 2.05) is 0 Å². The summed E-state index contributed by atoms with van der Waals surface area (Å²) in [5.41, 5.74) is 2.02. The van der Waals surface area contributed by atoms with Crippen molar-refractivity contribution in [3.63, 3.8) is 0 Å². The summed E-state index contributed by atoms with van der Waals surface area (Å²) >= 11 is 0. The topological polar surface area (TPSA) is 127 Å². The molecule has 0 fully saturated rings. The number of carboxylic acids is 1. The van der Waals surface area contributed by atoms with Crippen LogP contribution in [-0.2, 0) is 25.5 Å². The van der Waals surface area contributed by atoms with Gasteiger partial charge in [-0.25, -0.2) is 4.79 Å². The van der Waals surface area contributed by atoms with Crippen molar-refractivity contribution in [1.82, 2.24) is 0 Å². The summed E-state index contributed by atoms with van der Waals surface area (Å²) in [6.07, 6.45) is 1.34. The van der Waals surface area contributed by atoms with Crippen molar-refractivity contribution in [1.29, 1.82) is 0 Å². The molecular formula is C23H20N2O7. The van der Waals surface area contributed by atoms with Gasteiger partial charge in [-0.3, -0.25) is 24.6 Å². The third kappa shape index (κ3) is 4.56. The monoisotopic (exact) mass is 436 g/mol. The zero-order valence-electron chi connectivity index (χ0n) is 17.4. The Balaban J connectivity index is 2.03. The molecule has 0 radical (unpaired) electrons. The lowest BCUT2D eigenvalue weighted by Gasteiger charge is -2.18. The van der Waals surface area contributed by atoms with E-state index < -0.39 is 22.8 Å². The van der Waals surface area contributed by atoms with Gasteiger partial charge in [0.1, 0.15) is 0 Å². The summed E-state index contributed by atoms with van der Waals surface area (Å²) in [5.74, 6) is -2.09. The molecular weight excluding hydrogens is 416 g/mol. The molecule has 1 aliphatic rings. The highest BCUT2D eigenvalue weighted by atomic mass is 16.6. The molecule has 0 atom stereocenters. The van der Waals surface area contributed by atoms with Crippen LogP contribution in [0.3, 0.4) is 0 Å². The molecule has 2 aromatic rings. The number of aliphatic carboxylic acids is 1. The third-order valence-corrected chi connectivity index (χ3v) is 4.84. The van der Waals surface area contributed by atoms with Gasteiger partial charge in [0, 0.05) is 23.5 Å². The molecule has 1 heterocycles. The molecule has 0 saturated carbocycles. The number of esters is 1. The average molecular weight is 436 g/mol. The fraction of sp³-hybridized carbons (Fsp3) is 0.174.